The fraction of sp³-hybridized carbons (Fsp3) is 0.182. The highest BCUT2D eigenvalue weighted by molar-refractivity contribution is 7.15. The summed E-state index contributed by atoms with van der Waals surface area (Å²) in [5.41, 5.74) is 7.31. The van der Waals surface area contributed by atoms with Crippen LogP contribution in [0.25, 0.3) is 0 Å². The molecule has 2 aromatic rings. The van der Waals surface area contributed by atoms with Gasteiger partial charge in [-0.25, -0.2) is 4.98 Å². The zero-order valence-electron chi connectivity index (χ0n) is 9.52. The van der Waals surface area contributed by atoms with Gasteiger partial charge in [-0.05, 0) is 26.0 Å². The van der Waals surface area contributed by atoms with Crippen LogP contribution in [0.15, 0.2) is 18.3 Å². The predicted molar refractivity (Wildman–Crippen MR) is 68.2 cm³/mol. The van der Waals surface area contributed by atoms with Crippen LogP contribution < -0.4 is 11.1 Å². The van der Waals surface area contributed by atoms with Crippen molar-refractivity contribution < 1.29 is 4.79 Å². The predicted octanol–water partition coefficient (Wildman–Crippen LogP) is 1.99. The van der Waals surface area contributed by atoms with Gasteiger partial charge in [-0.3, -0.25) is 15.1 Å². The SMILES string of the molecule is Cc1nc(NC(=O)c2cc(N)ccn2)sc1C. The molecule has 0 saturated heterocycles. The van der Waals surface area contributed by atoms with E-state index in [2.05, 4.69) is 15.3 Å². The number of nitrogen functional groups attached to an aromatic ring is 1. The van der Waals surface area contributed by atoms with Crippen LogP contribution in [0.4, 0.5) is 10.8 Å². The maximum absolute atomic E-state index is 11.8. The molecule has 0 saturated carbocycles. The average molecular weight is 248 g/mol. The molecule has 6 heteroatoms. The Hall–Kier alpha value is -1.95. The molecular formula is C11H12N4OS. The van der Waals surface area contributed by atoms with Gasteiger partial charge in [-0.15, -0.1) is 11.3 Å². The summed E-state index contributed by atoms with van der Waals surface area (Å²) in [5, 5.41) is 3.28. The van der Waals surface area contributed by atoms with Gasteiger partial charge < -0.3 is 5.73 Å². The van der Waals surface area contributed by atoms with Crippen LogP contribution in [0.3, 0.4) is 0 Å². The second kappa shape index (κ2) is 4.50. The van der Waals surface area contributed by atoms with Gasteiger partial charge in [0.1, 0.15) is 5.69 Å². The van der Waals surface area contributed by atoms with Crippen molar-refractivity contribution >= 4 is 28.1 Å². The molecule has 0 radical (unpaired) electrons. The van der Waals surface area contributed by atoms with Crippen molar-refractivity contribution in [2.24, 2.45) is 0 Å². The summed E-state index contributed by atoms with van der Waals surface area (Å²) in [4.78, 5) is 21.1. The number of pyridine rings is 1. The Morgan fingerprint density at radius 1 is 1.47 bits per heavy atom. The molecule has 0 spiro atoms. The molecule has 17 heavy (non-hydrogen) atoms. The minimum atomic E-state index is -0.300. The van der Waals surface area contributed by atoms with Gasteiger partial charge in [0.25, 0.3) is 5.91 Å². The van der Waals surface area contributed by atoms with E-state index >= 15 is 0 Å². The number of aryl methyl sites for hydroxylation is 2. The van der Waals surface area contributed by atoms with Crippen molar-refractivity contribution in [1.82, 2.24) is 9.97 Å². The molecule has 88 valence electrons. The van der Waals surface area contributed by atoms with Crippen molar-refractivity contribution in [3.63, 3.8) is 0 Å². The number of carbonyl (C=O) groups is 1. The third kappa shape index (κ3) is 2.59. The highest BCUT2D eigenvalue weighted by atomic mass is 32.1. The lowest BCUT2D eigenvalue weighted by molar-refractivity contribution is 0.102. The van der Waals surface area contributed by atoms with Gasteiger partial charge >= 0.3 is 0 Å². The van der Waals surface area contributed by atoms with E-state index < -0.39 is 0 Å². The fourth-order valence-electron chi connectivity index (χ4n) is 1.26. The molecule has 0 aliphatic rings. The van der Waals surface area contributed by atoms with Gasteiger partial charge in [0, 0.05) is 16.8 Å². The van der Waals surface area contributed by atoms with Gasteiger partial charge in [-0.1, -0.05) is 0 Å². The van der Waals surface area contributed by atoms with Crippen molar-refractivity contribution in [3.8, 4) is 0 Å². The van der Waals surface area contributed by atoms with Crippen LogP contribution in [-0.4, -0.2) is 15.9 Å². The van der Waals surface area contributed by atoms with E-state index in [0.717, 1.165) is 10.6 Å². The third-order valence-corrected chi connectivity index (χ3v) is 3.25. The lowest BCUT2D eigenvalue weighted by Gasteiger charge is -2.01. The standard InChI is InChI=1S/C11H12N4OS/c1-6-7(2)17-11(14-6)15-10(16)9-5-8(12)3-4-13-9/h3-5H,1-2H3,(H2,12,13)(H,14,15,16). The number of nitrogens with zero attached hydrogens (tertiary/aromatic N) is 2. The van der Waals surface area contributed by atoms with Gasteiger partial charge in [0.05, 0.1) is 5.69 Å². The van der Waals surface area contributed by atoms with Crippen molar-refractivity contribution in [2.45, 2.75) is 13.8 Å². The number of aromatic nitrogens is 2. The van der Waals surface area contributed by atoms with Gasteiger partial charge in [0.15, 0.2) is 5.13 Å². The Bertz CT molecular complexity index is 545. The van der Waals surface area contributed by atoms with Crippen LogP contribution >= 0.6 is 11.3 Å². The Morgan fingerprint density at radius 2 is 2.24 bits per heavy atom. The second-order valence-corrected chi connectivity index (χ2v) is 4.79. The Morgan fingerprint density at radius 3 is 2.82 bits per heavy atom. The van der Waals surface area contributed by atoms with E-state index in [-0.39, 0.29) is 11.6 Å². The first-order chi connectivity index (χ1) is 8.06. The Kier molecular flexibility index (Phi) is 3.06. The lowest BCUT2D eigenvalue weighted by Crippen LogP contribution is -2.13. The second-order valence-electron chi connectivity index (χ2n) is 3.59. The summed E-state index contributed by atoms with van der Waals surface area (Å²) in [6.45, 7) is 3.86. The molecule has 0 aliphatic carbocycles. The number of hydrogen-bond acceptors (Lipinski definition) is 5. The number of anilines is 2. The molecule has 2 aromatic heterocycles. The highest BCUT2D eigenvalue weighted by Crippen LogP contribution is 2.21. The van der Waals surface area contributed by atoms with Crippen LogP contribution in [0.5, 0.6) is 0 Å². The first-order valence-corrected chi connectivity index (χ1v) is 5.85. The monoisotopic (exact) mass is 248 g/mol. The number of rotatable bonds is 2. The normalized spacial score (nSPS) is 10.2. The zero-order chi connectivity index (χ0) is 12.4. The number of amides is 1. The van der Waals surface area contributed by atoms with Crippen molar-refractivity contribution in [2.75, 3.05) is 11.1 Å². The van der Waals surface area contributed by atoms with Crippen LogP contribution in [-0.2, 0) is 0 Å². The summed E-state index contributed by atoms with van der Waals surface area (Å²) in [5.74, 6) is -0.300. The van der Waals surface area contributed by atoms with Crippen LogP contribution in [0.2, 0.25) is 0 Å². The largest absolute Gasteiger partial charge is 0.399 e. The minimum Gasteiger partial charge on any atom is -0.399 e. The summed E-state index contributed by atoms with van der Waals surface area (Å²) in [7, 11) is 0. The molecule has 0 atom stereocenters. The van der Waals surface area contributed by atoms with E-state index in [1.165, 1.54) is 23.6 Å². The van der Waals surface area contributed by atoms with E-state index in [9.17, 15) is 4.79 Å². The first kappa shape index (κ1) is 11.5. The maximum atomic E-state index is 11.8. The van der Waals surface area contributed by atoms with Crippen LogP contribution in [0.1, 0.15) is 21.1 Å². The summed E-state index contributed by atoms with van der Waals surface area (Å²) in [6, 6.07) is 3.16. The number of carbonyl (C=O) groups excluding carboxylic acids is 1. The maximum Gasteiger partial charge on any atom is 0.276 e. The molecule has 3 N–H and O–H groups in total. The number of nitrogens with two attached hydrogens (primary N) is 1. The first-order valence-electron chi connectivity index (χ1n) is 5.03. The molecule has 0 fully saturated rings. The van der Waals surface area contributed by atoms with E-state index in [1.54, 1.807) is 6.07 Å². The van der Waals surface area contributed by atoms with Gasteiger partial charge in [0.2, 0.25) is 0 Å². The van der Waals surface area contributed by atoms with Crippen molar-refractivity contribution in [3.05, 3.63) is 34.6 Å². The van der Waals surface area contributed by atoms with Gasteiger partial charge in [-0.2, -0.15) is 0 Å². The average Bonchev–Trinajstić information content (AvgIpc) is 2.58. The van der Waals surface area contributed by atoms with Crippen LogP contribution in [0, 0.1) is 13.8 Å². The summed E-state index contributed by atoms with van der Waals surface area (Å²) in [6.07, 6.45) is 1.50. The molecule has 2 rings (SSSR count). The minimum absolute atomic E-state index is 0.288. The molecule has 0 bridgehead atoms. The Balaban J connectivity index is 2.17. The molecule has 0 aromatic carbocycles. The number of nitrogens with one attached hydrogen (secondary N) is 1. The lowest BCUT2D eigenvalue weighted by atomic mass is 10.3. The fourth-order valence-corrected chi connectivity index (χ4v) is 2.07. The molecule has 1 amide bonds. The molecule has 5 nitrogen and oxygen atoms in total. The third-order valence-electron chi connectivity index (χ3n) is 2.27. The molecule has 0 unspecified atom stereocenters. The van der Waals surface area contributed by atoms with E-state index in [4.69, 9.17) is 5.73 Å². The number of hydrogen-bond donors (Lipinski definition) is 2. The van der Waals surface area contributed by atoms with Crippen molar-refractivity contribution in [1.29, 1.82) is 0 Å². The number of thiazole rings is 1. The molecular weight excluding hydrogens is 236 g/mol. The topological polar surface area (TPSA) is 80.9 Å². The summed E-state index contributed by atoms with van der Waals surface area (Å²) < 4.78 is 0. The zero-order valence-corrected chi connectivity index (χ0v) is 10.3. The molecule has 0 aliphatic heterocycles. The molecule has 2 heterocycles. The Labute approximate surface area is 103 Å². The smallest absolute Gasteiger partial charge is 0.276 e. The quantitative estimate of drug-likeness (QED) is 0.851. The highest BCUT2D eigenvalue weighted by Gasteiger charge is 2.11. The van der Waals surface area contributed by atoms with E-state index in [1.807, 2.05) is 13.8 Å². The summed E-state index contributed by atoms with van der Waals surface area (Å²) >= 11 is 1.44. The van der Waals surface area contributed by atoms with E-state index in [0.29, 0.717) is 10.8 Å².